The number of carbonyl (C=O) groups excluding carboxylic acids is 1. The Labute approximate surface area is 191 Å². The lowest BCUT2D eigenvalue weighted by molar-refractivity contribution is -0.114. The van der Waals surface area contributed by atoms with Crippen LogP contribution in [0, 0.1) is 0 Å². The van der Waals surface area contributed by atoms with Crippen LogP contribution < -0.4 is 10.6 Å². The van der Waals surface area contributed by atoms with E-state index in [0.717, 1.165) is 27.9 Å². The van der Waals surface area contributed by atoms with Crippen LogP contribution in [0.2, 0.25) is 0 Å². The van der Waals surface area contributed by atoms with Gasteiger partial charge in [0.2, 0.25) is 5.91 Å². The van der Waals surface area contributed by atoms with Crippen LogP contribution >= 0.6 is 0 Å². The number of pyridine rings is 1. The van der Waals surface area contributed by atoms with E-state index in [2.05, 4.69) is 27.8 Å². The van der Waals surface area contributed by atoms with Gasteiger partial charge in [-0.15, -0.1) is 5.10 Å². The Bertz CT molecular complexity index is 1410. The van der Waals surface area contributed by atoms with E-state index in [4.69, 9.17) is 10.1 Å². The molecule has 7 heteroatoms. The molecule has 0 saturated carbocycles. The summed E-state index contributed by atoms with van der Waals surface area (Å²) in [6.07, 6.45) is 3.70. The molecule has 3 heterocycles. The molecule has 3 aromatic heterocycles. The molecule has 0 fully saturated rings. The Balaban J connectivity index is 1.65. The molecule has 0 aliphatic rings. The van der Waals surface area contributed by atoms with Crippen molar-refractivity contribution in [3.63, 3.8) is 0 Å². The number of rotatable bonds is 6. The van der Waals surface area contributed by atoms with Gasteiger partial charge in [0, 0.05) is 30.4 Å². The summed E-state index contributed by atoms with van der Waals surface area (Å²) in [5.41, 5.74) is 5.29. The van der Waals surface area contributed by atoms with Gasteiger partial charge in [0.05, 0.1) is 17.9 Å². The number of hydrogen-bond acceptors (Lipinski definition) is 5. The van der Waals surface area contributed by atoms with Crippen LogP contribution in [0.25, 0.3) is 28.0 Å². The van der Waals surface area contributed by atoms with E-state index >= 15 is 0 Å². The van der Waals surface area contributed by atoms with Crippen molar-refractivity contribution < 1.29 is 4.79 Å². The van der Waals surface area contributed by atoms with Crippen molar-refractivity contribution in [2.45, 2.75) is 13.5 Å². The second-order valence-electron chi connectivity index (χ2n) is 7.57. The molecule has 0 saturated heterocycles. The lowest BCUT2D eigenvalue weighted by Gasteiger charge is -2.13. The molecule has 0 atom stereocenters. The van der Waals surface area contributed by atoms with E-state index in [-0.39, 0.29) is 5.91 Å². The van der Waals surface area contributed by atoms with Crippen LogP contribution in [0.5, 0.6) is 0 Å². The van der Waals surface area contributed by atoms with Crippen molar-refractivity contribution in [1.82, 2.24) is 19.6 Å². The maximum atomic E-state index is 11.7. The Morgan fingerprint density at radius 2 is 1.70 bits per heavy atom. The largest absolute Gasteiger partial charge is 0.363 e. The van der Waals surface area contributed by atoms with E-state index < -0.39 is 0 Å². The number of carbonyl (C=O) groups is 1. The molecule has 0 radical (unpaired) electrons. The van der Waals surface area contributed by atoms with E-state index in [9.17, 15) is 4.79 Å². The van der Waals surface area contributed by atoms with E-state index in [1.54, 1.807) is 6.20 Å². The minimum Gasteiger partial charge on any atom is -0.363 e. The third-order valence-electron chi connectivity index (χ3n) is 5.24. The summed E-state index contributed by atoms with van der Waals surface area (Å²) < 4.78 is 1.83. The maximum Gasteiger partial charge on any atom is 0.221 e. The molecule has 0 bridgehead atoms. The van der Waals surface area contributed by atoms with Gasteiger partial charge >= 0.3 is 0 Å². The lowest BCUT2D eigenvalue weighted by Crippen LogP contribution is -2.10. The summed E-state index contributed by atoms with van der Waals surface area (Å²) in [6.45, 7) is 2.00. The molecule has 2 N–H and O–H groups in total. The molecule has 0 unspecified atom stereocenters. The van der Waals surface area contributed by atoms with Crippen molar-refractivity contribution in [3.05, 3.63) is 97.0 Å². The van der Waals surface area contributed by atoms with Crippen LogP contribution in [0.15, 0.2) is 91.3 Å². The number of para-hydroxylation sites is 1. The molecular weight excluding hydrogens is 412 g/mol. The van der Waals surface area contributed by atoms with Crippen molar-refractivity contribution in [3.8, 4) is 22.5 Å². The number of nitrogens with one attached hydrogen (secondary N) is 2. The number of aromatic nitrogens is 4. The average molecular weight is 435 g/mol. The predicted molar refractivity (Wildman–Crippen MR) is 130 cm³/mol. The number of hydrogen-bond donors (Lipinski definition) is 2. The first-order chi connectivity index (χ1) is 16.2. The zero-order valence-electron chi connectivity index (χ0n) is 18.1. The van der Waals surface area contributed by atoms with Crippen LogP contribution in [0.4, 0.5) is 11.5 Å². The highest BCUT2D eigenvalue weighted by Crippen LogP contribution is 2.32. The third-order valence-corrected chi connectivity index (χ3v) is 5.24. The first-order valence-electron chi connectivity index (χ1n) is 10.6. The smallest absolute Gasteiger partial charge is 0.221 e. The highest BCUT2D eigenvalue weighted by molar-refractivity contribution is 5.94. The van der Waals surface area contributed by atoms with Gasteiger partial charge in [0.15, 0.2) is 11.6 Å². The molecule has 1 amide bonds. The molecule has 162 valence electrons. The molecule has 2 aromatic carbocycles. The third kappa shape index (κ3) is 4.29. The standard InChI is InChI=1S/C26H22N6O/c1-18(33)29-23-13-6-5-12-22(23)25-30-26(28-17-20-11-7-8-15-27-20)24-21(14-16-32(24)31-25)19-9-3-2-4-10-19/h2-16H,17H2,1H3,(H,29,33)(H,28,30,31). The van der Waals surface area contributed by atoms with Gasteiger partial charge in [-0.2, -0.15) is 0 Å². The van der Waals surface area contributed by atoms with Crippen molar-refractivity contribution >= 4 is 22.9 Å². The van der Waals surface area contributed by atoms with Gasteiger partial charge in [0.1, 0.15) is 5.52 Å². The predicted octanol–water partition coefficient (Wildman–Crippen LogP) is 5.03. The van der Waals surface area contributed by atoms with Crippen molar-refractivity contribution in [1.29, 1.82) is 0 Å². The maximum absolute atomic E-state index is 11.7. The van der Waals surface area contributed by atoms with Crippen molar-refractivity contribution in [2.24, 2.45) is 0 Å². The van der Waals surface area contributed by atoms with Gasteiger partial charge in [-0.3, -0.25) is 9.78 Å². The molecule has 0 spiro atoms. The molecular formula is C26H22N6O. The number of anilines is 2. The highest BCUT2D eigenvalue weighted by Gasteiger charge is 2.17. The van der Waals surface area contributed by atoms with Crippen LogP contribution in [-0.2, 0) is 11.3 Å². The van der Waals surface area contributed by atoms with Gasteiger partial charge in [-0.25, -0.2) is 9.50 Å². The van der Waals surface area contributed by atoms with E-state index in [1.807, 2.05) is 77.4 Å². The van der Waals surface area contributed by atoms with E-state index in [1.165, 1.54) is 6.92 Å². The topological polar surface area (TPSA) is 84.2 Å². The first-order valence-corrected chi connectivity index (χ1v) is 10.6. The Kier molecular flexibility index (Phi) is 5.51. The molecule has 0 aliphatic carbocycles. The fraction of sp³-hybridized carbons (Fsp3) is 0.0769. The van der Waals surface area contributed by atoms with Crippen LogP contribution in [0.1, 0.15) is 12.6 Å². The Hall–Kier alpha value is -4.52. The molecule has 5 aromatic rings. The number of amides is 1. The second-order valence-corrected chi connectivity index (χ2v) is 7.57. The van der Waals surface area contributed by atoms with Gasteiger partial charge in [-0.1, -0.05) is 48.5 Å². The van der Waals surface area contributed by atoms with Gasteiger partial charge < -0.3 is 10.6 Å². The number of nitrogens with zero attached hydrogens (tertiary/aromatic N) is 4. The first kappa shape index (κ1) is 20.4. The highest BCUT2D eigenvalue weighted by atomic mass is 16.1. The average Bonchev–Trinajstić information content (AvgIpc) is 3.28. The van der Waals surface area contributed by atoms with Gasteiger partial charge in [0.25, 0.3) is 0 Å². The zero-order chi connectivity index (χ0) is 22.6. The minimum absolute atomic E-state index is 0.149. The minimum atomic E-state index is -0.149. The number of fused-ring (bicyclic) bond motifs is 1. The Morgan fingerprint density at radius 1 is 0.909 bits per heavy atom. The molecule has 5 rings (SSSR count). The second kappa shape index (κ2) is 8.92. The summed E-state index contributed by atoms with van der Waals surface area (Å²) in [5.74, 6) is 1.04. The molecule has 7 nitrogen and oxygen atoms in total. The molecule has 0 aliphatic heterocycles. The number of benzene rings is 2. The quantitative estimate of drug-likeness (QED) is 0.392. The van der Waals surface area contributed by atoms with Crippen LogP contribution in [0.3, 0.4) is 0 Å². The van der Waals surface area contributed by atoms with Crippen molar-refractivity contribution in [2.75, 3.05) is 10.6 Å². The zero-order valence-corrected chi connectivity index (χ0v) is 18.1. The SMILES string of the molecule is CC(=O)Nc1ccccc1-c1nc(NCc2ccccn2)c2c(-c3ccccc3)ccn2n1. The lowest BCUT2D eigenvalue weighted by atomic mass is 10.1. The summed E-state index contributed by atoms with van der Waals surface area (Å²) in [6, 6.07) is 25.5. The summed E-state index contributed by atoms with van der Waals surface area (Å²) in [7, 11) is 0. The normalized spacial score (nSPS) is 10.8. The fourth-order valence-corrected chi connectivity index (χ4v) is 3.77. The molecule has 33 heavy (non-hydrogen) atoms. The van der Waals surface area contributed by atoms with E-state index in [0.29, 0.717) is 23.9 Å². The van der Waals surface area contributed by atoms with Crippen LogP contribution in [-0.4, -0.2) is 25.5 Å². The summed E-state index contributed by atoms with van der Waals surface area (Å²) in [4.78, 5) is 21.0. The Morgan fingerprint density at radius 3 is 2.48 bits per heavy atom. The van der Waals surface area contributed by atoms with Gasteiger partial charge in [-0.05, 0) is 35.9 Å². The summed E-state index contributed by atoms with van der Waals surface area (Å²) >= 11 is 0. The summed E-state index contributed by atoms with van der Waals surface area (Å²) in [5, 5.41) is 11.1. The monoisotopic (exact) mass is 434 g/mol. The fourth-order valence-electron chi connectivity index (χ4n) is 3.77.